The summed E-state index contributed by atoms with van der Waals surface area (Å²) in [4.78, 5) is 16.3. The van der Waals surface area contributed by atoms with Gasteiger partial charge in [0.15, 0.2) is 11.5 Å². The van der Waals surface area contributed by atoms with Gasteiger partial charge in [0.25, 0.3) is 0 Å². The zero-order valence-electron chi connectivity index (χ0n) is 13.2. The lowest BCUT2D eigenvalue weighted by atomic mass is 10.1. The number of methoxy groups -OCH3 is 1. The van der Waals surface area contributed by atoms with E-state index in [1.54, 1.807) is 30.5 Å². The van der Waals surface area contributed by atoms with Gasteiger partial charge in [-0.3, -0.25) is 4.79 Å². The summed E-state index contributed by atoms with van der Waals surface area (Å²) >= 11 is 6.24. The average molecular weight is 349 g/mol. The molecule has 6 nitrogen and oxygen atoms in total. The van der Waals surface area contributed by atoms with Gasteiger partial charge in [0.2, 0.25) is 11.8 Å². The fourth-order valence-corrected chi connectivity index (χ4v) is 2.70. The number of aromatic nitrogens is 1. The highest BCUT2D eigenvalue weighted by Crippen LogP contribution is 2.38. The summed E-state index contributed by atoms with van der Waals surface area (Å²) in [7, 11) is 1.50. The van der Waals surface area contributed by atoms with Gasteiger partial charge < -0.3 is 19.5 Å². The van der Waals surface area contributed by atoms with Gasteiger partial charge in [-0.05, 0) is 29.8 Å². The van der Waals surface area contributed by atoms with Crippen molar-refractivity contribution in [2.24, 2.45) is 0 Å². The third-order valence-electron chi connectivity index (χ3n) is 3.47. The Kier molecular flexibility index (Phi) is 5.05. The van der Waals surface area contributed by atoms with E-state index in [2.05, 4.69) is 10.3 Å². The van der Waals surface area contributed by atoms with Crippen molar-refractivity contribution in [2.75, 3.05) is 25.6 Å². The first kappa shape index (κ1) is 16.4. The Hall–Kier alpha value is -2.47. The van der Waals surface area contributed by atoms with E-state index in [1.165, 1.54) is 7.11 Å². The Labute approximate surface area is 144 Å². The number of ether oxygens (including phenoxy) is 3. The fourth-order valence-electron chi connectivity index (χ4n) is 2.41. The van der Waals surface area contributed by atoms with Crippen LogP contribution in [0.1, 0.15) is 12.0 Å². The topological polar surface area (TPSA) is 69.7 Å². The number of rotatable bonds is 4. The first-order chi connectivity index (χ1) is 11.7. The van der Waals surface area contributed by atoms with Crippen molar-refractivity contribution in [1.82, 2.24) is 4.98 Å². The highest BCUT2D eigenvalue weighted by atomic mass is 35.5. The fraction of sp³-hybridized carbons (Fsp3) is 0.294. The molecule has 1 aliphatic heterocycles. The summed E-state index contributed by atoms with van der Waals surface area (Å²) in [6, 6.07) is 6.95. The lowest BCUT2D eigenvalue weighted by molar-refractivity contribution is -0.115. The molecule has 0 spiro atoms. The molecule has 24 heavy (non-hydrogen) atoms. The number of benzene rings is 1. The van der Waals surface area contributed by atoms with Gasteiger partial charge in [0.1, 0.15) is 5.69 Å². The van der Waals surface area contributed by atoms with Gasteiger partial charge >= 0.3 is 0 Å². The van der Waals surface area contributed by atoms with Crippen LogP contribution < -0.4 is 19.5 Å². The molecule has 7 heteroatoms. The molecule has 0 fully saturated rings. The predicted molar refractivity (Wildman–Crippen MR) is 90.2 cm³/mol. The Morgan fingerprint density at radius 2 is 2.21 bits per heavy atom. The molecule has 1 N–H and O–H groups in total. The number of pyridine rings is 1. The molecule has 0 aliphatic carbocycles. The van der Waals surface area contributed by atoms with Crippen molar-refractivity contribution >= 4 is 23.2 Å². The van der Waals surface area contributed by atoms with Crippen LogP contribution in [0.4, 0.5) is 5.69 Å². The molecule has 1 aliphatic rings. The van der Waals surface area contributed by atoms with Crippen LogP contribution in [0.25, 0.3) is 0 Å². The van der Waals surface area contributed by atoms with Gasteiger partial charge in [-0.1, -0.05) is 11.6 Å². The molecule has 0 saturated heterocycles. The number of amides is 1. The largest absolute Gasteiger partial charge is 0.489 e. The number of carbonyl (C=O) groups excluding carboxylic acids is 1. The Bertz CT molecular complexity index is 751. The zero-order valence-corrected chi connectivity index (χ0v) is 13.9. The number of hydrogen-bond donors (Lipinski definition) is 1. The SMILES string of the molecule is COc1ncccc1NC(=O)Cc1cc(Cl)c2c(c1)OCCCO2. The van der Waals surface area contributed by atoms with Gasteiger partial charge in [-0.2, -0.15) is 0 Å². The van der Waals surface area contributed by atoms with Crippen LogP contribution in [-0.4, -0.2) is 31.2 Å². The summed E-state index contributed by atoms with van der Waals surface area (Å²) in [6.45, 7) is 1.12. The number of carbonyl (C=O) groups is 1. The van der Waals surface area contributed by atoms with E-state index >= 15 is 0 Å². The van der Waals surface area contributed by atoms with Crippen LogP contribution in [0.2, 0.25) is 5.02 Å². The summed E-state index contributed by atoms with van der Waals surface area (Å²) in [5.41, 5.74) is 1.26. The van der Waals surface area contributed by atoms with Crippen LogP contribution in [0, 0.1) is 0 Å². The van der Waals surface area contributed by atoms with Crippen molar-refractivity contribution in [3.05, 3.63) is 41.0 Å². The van der Waals surface area contributed by atoms with Crippen LogP contribution >= 0.6 is 11.6 Å². The lowest BCUT2D eigenvalue weighted by Gasteiger charge is -2.12. The standard InChI is InChI=1S/C17H17ClN2O4/c1-22-17-13(4-2-5-19-17)20-15(21)10-11-8-12(18)16-14(9-11)23-6-3-7-24-16/h2,4-5,8-9H,3,6-7,10H2,1H3,(H,20,21). The van der Waals surface area contributed by atoms with Crippen LogP contribution in [0.5, 0.6) is 17.4 Å². The monoisotopic (exact) mass is 348 g/mol. The first-order valence-electron chi connectivity index (χ1n) is 7.54. The lowest BCUT2D eigenvalue weighted by Crippen LogP contribution is -2.15. The molecule has 1 aromatic heterocycles. The van der Waals surface area contributed by atoms with Crippen molar-refractivity contribution in [3.63, 3.8) is 0 Å². The smallest absolute Gasteiger partial charge is 0.237 e. The normalized spacial score (nSPS) is 13.1. The number of halogens is 1. The second-order valence-electron chi connectivity index (χ2n) is 5.24. The van der Waals surface area contributed by atoms with E-state index in [0.717, 1.165) is 12.0 Å². The molecule has 126 valence electrons. The molecule has 2 aromatic rings. The average Bonchev–Trinajstić information content (AvgIpc) is 2.81. The molecule has 1 aromatic carbocycles. The first-order valence-corrected chi connectivity index (χ1v) is 7.92. The van der Waals surface area contributed by atoms with E-state index < -0.39 is 0 Å². The minimum atomic E-state index is -0.202. The number of fused-ring (bicyclic) bond motifs is 1. The molecular weight excluding hydrogens is 332 g/mol. The van der Waals surface area contributed by atoms with Crippen molar-refractivity contribution in [3.8, 4) is 17.4 Å². The van der Waals surface area contributed by atoms with Gasteiger partial charge in [-0.15, -0.1) is 0 Å². The van der Waals surface area contributed by atoms with E-state index in [9.17, 15) is 4.79 Å². The van der Waals surface area contributed by atoms with Crippen molar-refractivity contribution < 1.29 is 19.0 Å². The summed E-state index contributed by atoms with van der Waals surface area (Å²) in [5, 5.41) is 3.22. The predicted octanol–water partition coefficient (Wildman–Crippen LogP) is 3.09. The molecule has 0 saturated carbocycles. The molecule has 0 atom stereocenters. The van der Waals surface area contributed by atoms with Crippen molar-refractivity contribution in [1.29, 1.82) is 0 Å². The third-order valence-corrected chi connectivity index (χ3v) is 3.75. The molecule has 0 radical (unpaired) electrons. The highest BCUT2D eigenvalue weighted by Gasteiger charge is 2.17. The number of hydrogen-bond acceptors (Lipinski definition) is 5. The second-order valence-corrected chi connectivity index (χ2v) is 5.65. The zero-order chi connectivity index (χ0) is 16.9. The molecule has 1 amide bonds. The van der Waals surface area contributed by atoms with Gasteiger partial charge in [-0.25, -0.2) is 4.98 Å². The number of nitrogens with one attached hydrogen (secondary N) is 1. The van der Waals surface area contributed by atoms with Crippen LogP contribution in [-0.2, 0) is 11.2 Å². The molecule has 3 rings (SSSR count). The maximum absolute atomic E-state index is 12.3. The van der Waals surface area contributed by atoms with Gasteiger partial charge in [0, 0.05) is 12.6 Å². The quantitative estimate of drug-likeness (QED) is 0.919. The number of nitrogens with zero attached hydrogens (tertiary/aromatic N) is 1. The van der Waals surface area contributed by atoms with Gasteiger partial charge in [0.05, 0.1) is 31.8 Å². The van der Waals surface area contributed by atoms with E-state index in [-0.39, 0.29) is 12.3 Å². The van der Waals surface area contributed by atoms with Crippen molar-refractivity contribution in [2.45, 2.75) is 12.8 Å². The van der Waals surface area contributed by atoms with Crippen LogP contribution in [0.15, 0.2) is 30.5 Å². The molecule has 2 heterocycles. The molecular formula is C17H17ClN2O4. The minimum absolute atomic E-state index is 0.147. The maximum atomic E-state index is 12.3. The summed E-state index contributed by atoms with van der Waals surface area (Å²) in [6.07, 6.45) is 2.54. The Balaban J connectivity index is 1.75. The summed E-state index contributed by atoms with van der Waals surface area (Å²) < 4.78 is 16.3. The van der Waals surface area contributed by atoms with E-state index in [1.807, 2.05) is 0 Å². The Morgan fingerprint density at radius 3 is 3.04 bits per heavy atom. The Morgan fingerprint density at radius 1 is 1.38 bits per heavy atom. The third kappa shape index (κ3) is 3.71. The second kappa shape index (κ2) is 7.40. The van der Waals surface area contributed by atoms with E-state index in [0.29, 0.717) is 41.3 Å². The highest BCUT2D eigenvalue weighted by molar-refractivity contribution is 6.32. The molecule has 0 unspecified atom stereocenters. The van der Waals surface area contributed by atoms with E-state index in [4.69, 9.17) is 25.8 Å². The van der Waals surface area contributed by atoms with Crippen LogP contribution in [0.3, 0.4) is 0 Å². The maximum Gasteiger partial charge on any atom is 0.237 e. The summed E-state index contributed by atoms with van der Waals surface area (Å²) in [5.74, 6) is 1.27. The minimum Gasteiger partial charge on any atom is -0.489 e. The molecule has 0 bridgehead atoms. The number of anilines is 1.